The molecule has 3 nitrogen and oxygen atoms in total. The number of rotatable bonds is 5. The Bertz CT molecular complexity index is 173. The second kappa shape index (κ2) is 6.14. The van der Waals surface area contributed by atoms with E-state index in [2.05, 4.69) is 0 Å². The van der Waals surface area contributed by atoms with E-state index in [4.69, 9.17) is 9.47 Å². The van der Waals surface area contributed by atoms with Crippen molar-refractivity contribution in [2.75, 3.05) is 19.8 Å². The highest BCUT2D eigenvalue weighted by atomic mass is 16.5. The van der Waals surface area contributed by atoms with Crippen molar-refractivity contribution in [1.82, 2.24) is 0 Å². The van der Waals surface area contributed by atoms with Crippen LogP contribution in [0.5, 0.6) is 0 Å². The molecule has 1 aliphatic rings. The third-order valence-corrected chi connectivity index (χ3v) is 2.72. The molecule has 1 rings (SSSR count). The van der Waals surface area contributed by atoms with Gasteiger partial charge in [-0.2, -0.15) is 0 Å². The molecule has 3 heteroatoms. The monoisotopic (exact) mass is 200 g/mol. The van der Waals surface area contributed by atoms with Gasteiger partial charge < -0.3 is 9.47 Å². The van der Waals surface area contributed by atoms with Gasteiger partial charge in [0.05, 0.1) is 6.61 Å². The summed E-state index contributed by atoms with van der Waals surface area (Å²) in [5.74, 6) is 0.771. The van der Waals surface area contributed by atoms with Gasteiger partial charge in [0, 0.05) is 19.6 Å². The molecule has 1 atom stereocenters. The van der Waals surface area contributed by atoms with Crippen LogP contribution in [0.4, 0.5) is 0 Å². The van der Waals surface area contributed by atoms with Gasteiger partial charge in [-0.1, -0.05) is 6.92 Å². The Kier molecular flexibility index (Phi) is 5.12. The zero-order valence-electron chi connectivity index (χ0n) is 9.12. The summed E-state index contributed by atoms with van der Waals surface area (Å²) >= 11 is 0. The average molecular weight is 200 g/mol. The van der Waals surface area contributed by atoms with Crippen molar-refractivity contribution < 1.29 is 14.3 Å². The average Bonchev–Trinajstić information content (AvgIpc) is 2.26. The minimum Gasteiger partial charge on any atom is -0.381 e. The topological polar surface area (TPSA) is 35.5 Å². The minimum atomic E-state index is -0.233. The highest BCUT2D eigenvalue weighted by Gasteiger charge is 2.17. The Hall–Kier alpha value is -0.410. The molecule has 1 aliphatic heterocycles. The van der Waals surface area contributed by atoms with Crippen LogP contribution in [0, 0.1) is 5.92 Å². The molecule has 14 heavy (non-hydrogen) atoms. The van der Waals surface area contributed by atoms with Gasteiger partial charge >= 0.3 is 0 Å². The van der Waals surface area contributed by atoms with Crippen molar-refractivity contribution in [2.24, 2.45) is 5.92 Å². The lowest BCUT2D eigenvalue weighted by Crippen LogP contribution is -2.26. The van der Waals surface area contributed by atoms with Gasteiger partial charge in [0.15, 0.2) is 5.78 Å². The normalized spacial score (nSPS) is 20.7. The third-order valence-electron chi connectivity index (χ3n) is 2.72. The van der Waals surface area contributed by atoms with Gasteiger partial charge in [-0.25, -0.2) is 0 Å². The van der Waals surface area contributed by atoms with Crippen molar-refractivity contribution in [3.05, 3.63) is 0 Å². The van der Waals surface area contributed by atoms with Crippen molar-refractivity contribution in [2.45, 2.75) is 39.2 Å². The molecular weight excluding hydrogens is 180 g/mol. The quantitative estimate of drug-likeness (QED) is 0.678. The van der Waals surface area contributed by atoms with Crippen LogP contribution >= 0.6 is 0 Å². The van der Waals surface area contributed by atoms with Crippen molar-refractivity contribution in [3.8, 4) is 0 Å². The van der Waals surface area contributed by atoms with Gasteiger partial charge in [-0.05, 0) is 25.7 Å². The molecule has 1 unspecified atom stereocenters. The lowest BCUT2D eigenvalue weighted by Gasteiger charge is -2.23. The summed E-state index contributed by atoms with van der Waals surface area (Å²) in [6, 6.07) is 0. The van der Waals surface area contributed by atoms with Crippen molar-refractivity contribution in [3.63, 3.8) is 0 Å². The first-order valence-corrected chi connectivity index (χ1v) is 5.46. The maximum Gasteiger partial charge on any atom is 0.160 e. The van der Waals surface area contributed by atoms with Gasteiger partial charge in [0.25, 0.3) is 0 Å². The lowest BCUT2D eigenvalue weighted by atomic mass is 10.0. The number of ether oxygens (including phenoxy) is 2. The SMILES string of the molecule is CCC(=O)C(C)OCC1CCOCC1. The fraction of sp³-hybridized carbons (Fsp3) is 0.909. The first-order valence-electron chi connectivity index (χ1n) is 5.46. The van der Waals surface area contributed by atoms with Gasteiger partial charge in [-0.3, -0.25) is 4.79 Å². The van der Waals surface area contributed by atoms with E-state index in [1.54, 1.807) is 0 Å². The van der Waals surface area contributed by atoms with Crippen LogP contribution in [0.25, 0.3) is 0 Å². The maximum absolute atomic E-state index is 11.2. The summed E-state index contributed by atoms with van der Waals surface area (Å²) in [6.45, 7) is 6.09. The first kappa shape index (κ1) is 11.7. The summed E-state index contributed by atoms with van der Waals surface area (Å²) in [6.07, 6.45) is 2.46. The lowest BCUT2D eigenvalue weighted by molar-refractivity contribution is -0.130. The molecule has 1 heterocycles. The van der Waals surface area contributed by atoms with E-state index in [0.717, 1.165) is 26.1 Å². The van der Waals surface area contributed by atoms with E-state index in [0.29, 0.717) is 18.9 Å². The first-order chi connectivity index (χ1) is 6.74. The van der Waals surface area contributed by atoms with E-state index in [1.165, 1.54) is 0 Å². The molecule has 0 aromatic rings. The van der Waals surface area contributed by atoms with Crippen molar-refractivity contribution >= 4 is 5.78 Å². The van der Waals surface area contributed by atoms with E-state index >= 15 is 0 Å². The summed E-state index contributed by atoms with van der Waals surface area (Å²) in [5.41, 5.74) is 0. The van der Waals surface area contributed by atoms with Gasteiger partial charge in [0.2, 0.25) is 0 Å². The van der Waals surface area contributed by atoms with Crippen molar-refractivity contribution in [1.29, 1.82) is 0 Å². The second-order valence-corrected chi connectivity index (χ2v) is 3.85. The summed E-state index contributed by atoms with van der Waals surface area (Å²) < 4.78 is 10.8. The number of hydrogen-bond donors (Lipinski definition) is 0. The number of Topliss-reactive ketones (excluding diaryl/α,β-unsaturated/α-hetero) is 1. The molecule has 0 aromatic heterocycles. The summed E-state index contributed by atoms with van der Waals surface area (Å²) in [5, 5.41) is 0. The molecule has 0 aliphatic carbocycles. The maximum atomic E-state index is 11.2. The second-order valence-electron chi connectivity index (χ2n) is 3.85. The largest absolute Gasteiger partial charge is 0.381 e. The zero-order valence-corrected chi connectivity index (χ0v) is 9.12. The molecule has 0 spiro atoms. The Morgan fingerprint density at radius 1 is 1.50 bits per heavy atom. The summed E-state index contributed by atoms with van der Waals surface area (Å²) in [4.78, 5) is 11.2. The van der Waals surface area contributed by atoms with Gasteiger partial charge in [-0.15, -0.1) is 0 Å². The van der Waals surface area contributed by atoms with Crippen LogP contribution in [0.3, 0.4) is 0 Å². The van der Waals surface area contributed by atoms with Crippen LogP contribution < -0.4 is 0 Å². The van der Waals surface area contributed by atoms with E-state index < -0.39 is 0 Å². The molecule has 82 valence electrons. The smallest absolute Gasteiger partial charge is 0.160 e. The van der Waals surface area contributed by atoms with Crippen LogP contribution in [-0.2, 0) is 14.3 Å². The standard InChI is InChI=1S/C11H20O3/c1-3-11(12)9(2)14-8-10-4-6-13-7-5-10/h9-10H,3-8H2,1-2H3. The van der Waals surface area contributed by atoms with E-state index in [9.17, 15) is 4.79 Å². The van der Waals surface area contributed by atoms with Crippen LogP contribution in [0.2, 0.25) is 0 Å². The Morgan fingerprint density at radius 3 is 2.71 bits per heavy atom. The molecule has 1 fully saturated rings. The fourth-order valence-corrected chi connectivity index (χ4v) is 1.57. The fourth-order valence-electron chi connectivity index (χ4n) is 1.57. The van der Waals surface area contributed by atoms with E-state index in [-0.39, 0.29) is 11.9 Å². The predicted molar refractivity (Wildman–Crippen MR) is 54.3 cm³/mol. The Balaban J connectivity index is 2.15. The molecule has 1 saturated heterocycles. The summed E-state index contributed by atoms with van der Waals surface area (Å²) in [7, 11) is 0. The number of hydrogen-bond acceptors (Lipinski definition) is 3. The molecule has 0 bridgehead atoms. The highest BCUT2D eigenvalue weighted by molar-refractivity contribution is 5.82. The Morgan fingerprint density at radius 2 is 2.14 bits per heavy atom. The van der Waals surface area contributed by atoms with Crippen LogP contribution in [0.15, 0.2) is 0 Å². The molecule has 0 saturated carbocycles. The molecule has 0 amide bonds. The molecular formula is C11H20O3. The number of carbonyl (C=O) groups is 1. The molecule has 0 aromatic carbocycles. The third kappa shape index (κ3) is 3.76. The Labute approximate surface area is 85.8 Å². The van der Waals surface area contributed by atoms with Crippen LogP contribution in [0.1, 0.15) is 33.1 Å². The zero-order chi connectivity index (χ0) is 10.4. The predicted octanol–water partition coefficient (Wildman–Crippen LogP) is 1.80. The molecule has 0 radical (unpaired) electrons. The minimum absolute atomic E-state index is 0.192. The number of ketones is 1. The van der Waals surface area contributed by atoms with E-state index in [1.807, 2.05) is 13.8 Å². The van der Waals surface area contributed by atoms with Crippen LogP contribution in [-0.4, -0.2) is 31.7 Å². The molecule has 0 N–H and O–H groups in total. The highest BCUT2D eigenvalue weighted by Crippen LogP contribution is 2.15. The number of carbonyl (C=O) groups excluding carboxylic acids is 1. The van der Waals surface area contributed by atoms with Gasteiger partial charge in [0.1, 0.15) is 6.10 Å².